The highest BCUT2D eigenvalue weighted by Crippen LogP contribution is 2.33. The number of methoxy groups -OCH3 is 1. The Bertz CT molecular complexity index is 372. The Balaban J connectivity index is 3.32. The molecule has 1 atom stereocenters. The summed E-state index contributed by atoms with van der Waals surface area (Å²) in [7, 11) is 1.70. The zero-order valence-electron chi connectivity index (χ0n) is 11.0. The van der Waals surface area contributed by atoms with Crippen LogP contribution in [0, 0.1) is 0 Å². The van der Waals surface area contributed by atoms with E-state index in [2.05, 4.69) is 46.4 Å². The highest BCUT2D eigenvalue weighted by atomic mass is 16.5. The molecule has 0 aliphatic carbocycles. The van der Waals surface area contributed by atoms with Gasteiger partial charge in [0.05, 0.1) is 7.11 Å². The van der Waals surface area contributed by atoms with Gasteiger partial charge in [-0.2, -0.15) is 0 Å². The molecule has 1 aromatic carbocycles. The Morgan fingerprint density at radius 3 is 2.38 bits per heavy atom. The van der Waals surface area contributed by atoms with Crippen LogP contribution in [0.25, 0.3) is 0 Å². The fourth-order valence-electron chi connectivity index (χ4n) is 1.85. The molecule has 0 aromatic heterocycles. The second kappa shape index (κ2) is 4.73. The Hall–Kier alpha value is -1.24. The van der Waals surface area contributed by atoms with Crippen molar-refractivity contribution in [2.45, 2.75) is 39.0 Å². The van der Waals surface area contributed by atoms with Crippen LogP contribution in [-0.4, -0.2) is 7.11 Å². The summed E-state index contributed by atoms with van der Waals surface area (Å²) < 4.78 is 5.28. The smallest absolute Gasteiger partial charge is 0.119 e. The number of rotatable bonds is 3. The van der Waals surface area contributed by atoms with Gasteiger partial charge in [-0.15, -0.1) is 6.58 Å². The van der Waals surface area contributed by atoms with Crippen LogP contribution < -0.4 is 4.74 Å². The monoisotopic (exact) mass is 218 g/mol. The van der Waals surface area contributed by atoms with E-state index < -0.39 is 0 Å². The summed E-state index contributed by atoms with van der Waals surface area (Å²) in [4.78, 5) is 0. The van der Waals surface area contributed by atoms with Gasteiger partial charge in [0.25, 0.3) is 0 Å². The van der Waals surface area contributed by atoms with Gasteiger partial charge >= 0.3 is 0 Å². The lowest BCUT2D eigenvalue weighted by atomic mass is 9.80. The molecule has 0 N–H and O–H groups in total. The van der Waals surface area contributed by atoms with E-state index in [9.17, 15) is 0 Å². The second-order valence-corrected chi connectivity index (χ2v) is 5.23. The lowest BCUT2D eigenvalue weighted by molar-refractivity contribution is 0.413. The van der Waals surface area contributed by atoms with Crippen molar-refractivity contribution in [2.24, 2.45) is 0 Å². The Labute approximate surface area is 99.1 Å². The largest absolute Gasteiger partial charge is 0.497 e. The average molecular weight is 218 g/mol. The van der Waals surface area contributed by atoms with E-state index in [1.165, 1.54) is 11.1 Å². The van der Waals surface area contributed by atoms with E-state index in [0.717, 1.165) is 5.75 Å². The maximum atomic E-state index is 5.28. The van der Waals surface area contributed by atoms with Gasteiger partial charge < -0.3 is 4.74 Å². The molecule has 1 rings (SSSR count). The quantitative estimate of drug-likeness (QED) is 0.688. The lowest BCUT2D eigenvalue weighted by Crippen LogP contribution is -2.15. The molecule has 88 valence electrons. The van der Waals surface area contributed by atoms with Gasteiger partial charge in [0.2, 0.25) is 0 Å². The van der Waals surface area contributed by atoms with Crippen molar-refractivity contribution in [3.05, 3.63) is 42.0 Å². The summed E-state index contributed by atoms with van der Waals surface area (Å²) in [6.45, 7) is 12.7. The zero-order chi connectivity index (χ0) is 12.3. The van der Waals surface area contributed by atoms with Gasteiger partial charge in [-0.25, -0.2) is 0 Å². The van der Waals surface area contributed by atoms with E-state index in [0.29, 0.717) is 5.92 Å². The molecule has 0 amide bonds. The van der Waals surface area contributed by atoms with Gasteiger partial charge in [-0.1, -0.05) is 39.8 Å². The van der Waals surface area contributed by atoms with Crippen molar-refractivity contribution in [3.63, 3.8) is 0 Å². The predicted octanol–water partition coefficient (Wildman–Crippen LogP) is 4.28. The SMILES string of the molecule is C=CC(C)c1cc(OC)ccc1C(C)(C)C. The molecule has 0 spiro atoms. The molecule has 0 radical (unpaired) electrons. The highest BCUT2D eigenvalue weighted by Gasteiger charge is 2.20. The third-order valence-electron chi connectivity index (χ3n) is 2.91. The molecule has 0 saturated carbocycles. The van der Waals surface area contributed by atoms with Gasteiger partial charge in [-0.05, 0) is 34.6 Å². The van der Waals surface area contributed by atoms with Crippen LogP contribution in [0.4, 0.5) is 0 Å². The van der Waals surface area contributed by atoms with E-state index in [-0.39, 0.29) is 5.41 Å². The first-order valence-corrected chi connectivity index (χ1v) is 5.71. The van der Waals surface area contributed by atoms with Crippen LogP contribution in [0.15, 0.2) is 30.9 Å². The predicted molar refractivity (Wildman–Crippen MR) is 70.3 cm³/mol. The Morgan fingerprint density at radius 2 is 1.94 bits per heavy atom. The molecule has 1 aromatic rings. The van der Waals surface area contributed by atoms with Crippen LogP contribution >= 0.6 is 0 Å². The van der Waals surface area contributed by atoms with Crippen molar-refractivity contribution in [3.8, 4) is 5.75 Å². The molecule has 0 heterocycles. The number of hydrogen-bond acceptors (Lipinski definition) is 1. The number of ether oxygens (including phenoxy) is 1. The molecule has 0 bridgehead atoms. The maximum Gasteiger partial charge on any atom is 0.119 e. The van der Waals surface area contributed by atoms with Crippen LogP contribution in [0.1, 0.15) is 44.7 Å². The summed E-state index contributed by atoms with van der Waals surface area (Å²) in [5.41, 5.74) is 2.82. The summed E-state index contributed by atoms with van der Waals surface area (Å²) in [6.07, 6.45) is 1.98. The van der Waals surface area contributed by atoms with Gasteiger partial charge in [0.15, 0.2) is 0 Å². The maximum absolute atomic E-state index is 5.28. The molecular formula is C15H22O. The van der Waals surface area contributed by atoms with Crippen molar-refractivity contribution >= 4 is 0 Å². The molecule has 1 nitrogen and oxygen atoms in total. The first-order chi connectivity index (χ1) is 7.40. The minimum Gasteiger partial charge on any atom is -0.497 e. The molecule has 1 unspecified atom stereocenters. The van der Waals surface area contributed by atoms with Crippen LogP contribution in [0.5, 0.6) is 5.75 Å². The van der Waals surface area contributed by atoms with Crippen molar-refractivity contribution < 1.29 is 4.74 Å². The summed E-state index contributed by atoms with van der Waals surface area (Å²) in [5.74, 6) is 1.26. The third kappa shape index (κ3) is 2.66. The molecule has 16 heavy (non-hydrogen) atoms. The topological polar surface area (TPSA) is 9.23 Å². The average Bonchev–Trinajstić information content (AvgIpc) is 2.25. The van der Waals surface area contributed by atoms with Gasteiger partial charge in [-0.3, -0.25) is 0 Å². The fraction of sp³-hybridized carbons (Fsp3) is 0.467. The zero-order valence-corrected chi connectivity index (χ0v) is 11.0. The first kappa shape index (κ1) is 12.8. The highest BCUT2D eigenvalue weighted by molar-refractivity contribution is 5.42. The Kier molecular flexibility index (Phi) is 3.79. The van der Waals surface area contributed by atoms with Gasteiger partial charge in [0, 0.05) is 0 Å². The third-order valence-corrected chi connectivity index (χ3v) is 2.91. The normalized spacial score (nSPS) is 13.3. The standard InChI is InChI=1S/C15H22O/c1-7-11(2)13-10-12(16-6)8-9-14(13)15(3,4)5/h7-11H,1H2,2-6H3. The fourth-order valence-corrected chi connectivity index (χ4v) is 1.85. The molecule has 1 heteroatoms. The van der Waals surface area contributed by atoms with Crippen molar-refractivity contribution in [2.75, 3.05) is 7.11 Å². The van der Waals surface area contributed by atoms with Crippen molar-refractivity contribution in [1.29, 1.82) is 0 Å². The van der Waals surface area contributed by atoms with Crippen LogP contribution in [-0.2, 0) is 5.41 Å². The lowest BCUT2D eigenvalue weighted by Gasteiger charge is -2.25. The summed E-state index contributed by atoms with van der Waals surface area (Å²) in [6, 6.07) is 6.31. The summed E-state index contributed by atoms with van der Waals surface area (Å²) in [5, 5.41) is 0. The molecular weight excluding hydrogens is 196 g/mol. The van der Waals surface area contributed by atoms with E-state index in [1.807, 2.05) is 12.1 Å². The second-order valence-electron chi connectivity index (χ2n) is 5.23. The number of allylic oxidation sites excluding steroid dienone is 1. The minimum absolute atomic E-state index is 0.152. The molecule has 0 aliphatic heterocycles. The number of hydrogen-bond donors (Lipinski definition) is 0. The summed E-state index contributed by atoms with van der Waals surface area (Å²) >= 11 is 0. The molecule has 0 fully saturated rings. The minimum atomic E-state index is 0.152. The van der Waals surface area contributed by atoms with Crippen LogP contribution in [0.3, 0.4) is 0 Å². The Morgan fingerprint density at radius 1 is 1.31 bits per heavy atom. The van der Waals surface area contributed by atoms with Crippen molar-refractivity contribution in [1.82, 2.24) is 0 Å². The van der Waals surface area contributed by atoms with Crippen LogP contribution in [0.2, 0.25) is 0 Å². The molecule has 0 aliphatic rings. The van der Waals surface area contributed by atoms with E-state index >= 15 is 0 Å². The molecule has 0 saturated heterocycles. The van der Waals surface area contributed by atoms with E-state index in [4.69, 9.17) is 4.74 Å². The van der Waals surface area contributed by atoms with E-state index in [1.54, 1.807) is 7.11 Å². The van der Waals surface area contributed by atoms with Gasteiger partial charge in [0.1, 0.15) is 5.75 Å². The number of benzene rings is 1. The first-order valence-electron chi connectivity index (χ1n) is 5.71.